The first-order valence-corrected chi connectivity index (χ1v) is 5.11. The topological polar surface area (TPSA) is 84.4 Å². The van der Waals surface area contributed by atoms with E-state index >= 15 is 0 Å². The lowest BCUT2D eigenvalue weighted by Gasteiger charge is -2.15. The van der Waals surface area contributed by atoms with Gasteiger partial charge in [-0.1, -0.05) is 0 Å². The van der Waals surface area contributed by atoms with Crippen LogP contribution in [0.2, 0.25) is 0 Å². The summed E-state index contributed by atoms with van der Waals surface area (Å²) in [4.78, 5) is 13.5. The van der Waals surface area contributed by atoms with Gasteiger partial charge in [0.15, 0.2) is 0 Å². The van der Waals surface area contributed by atoms with Crippen LogP contribution in [0.15, 0.2) is 18.2 Å². The summed E-state index contributed by atoms with van der Waals surface area (Å²) in [7, 11) is 3.81. The molecule has 1 aromatic rings. The molecule has 5 heteroatoms. The number of anilines is 2. The Morgan fingerprint density at radius 2 is 2.12 bits per heavy atom. The van der Waals surface area contributed by atoms with E-state index in [1.54, 1.807) is 12.1 Å². The summed E-state index contributed by atoms with van der Waals surface area (Å²) in [6.45, 7) is 0.894. The fraction of sp³-hybridized carbons (Fsp3) is 0.364. The van der Waals surface area contributed by atoms with Crippen LogP contribution in [0, 0.1) is 0 Å². The molecule has 0 spiro atoms. The molecule has 1 rings (SSSR count). The third-order valence-electron chi connectivity index (χ3n) is 2.20. The van der Waals surface area contributed by atoms with Crippen molar-refractivity contribution in [1.82, 2.24) is 5.32 Å². The van der Waals surface area contributed by atoms with Crippen molar-refractivity contribution in [1.29, 1.82) is 0 Å². The number of hydrogen-bond acceptors (Lipinski definition) is 4. The maximum Gasteiger partial charge on any atom is 0.251 e. The molecular weight excluding hydrogens is 204 g/mol. The third kappa shape index (κ3) is 2.87. The van der Waals surface area contributed by atoms with Gasteiger partial charge in [-0.2, -0.15) is 0 Å². The maximum absolute atomic E-state index is 11.6. The van der Waals surface area contributed by atoms with Gasteiger partial charge >= 0.3 is 0 Å². The first-order chi connectivity index (χ1) is 7.56. The summed E-state index contributed by atoms with van der Waals surface area (Å²) < 4.78 is 0. The molecule has 88 valence electrons. The fourth-order valence-corrected chi connectivity index (χ4v) is 1.39. The highest BCUT2D eigenvalue weighted by Gasteiger charge is 2.08. The second-order valence-corrected chi connectivity index (χ2v) is 3.71. The van der Waals surface area contributed by atoms with Crippen molar-refractivity contribution in [3.05, 3.63) is 23.8 Å². The molecule has 5 N–H and O–H groups in total. The molecule has 0 atom stereocenters. The van der Waals surface area contributed by atoms with E-state index in [-0.39, 0.29) is 5.91 Å². The average molecular weight is 222 g/mol. The second kappa shape index (κ2) is 5.37. The SMILES string of the molecule is CN(C)c1ccc(C(=O)NCCN)cc1N. The number of nitrogens with one attached hydrogen (secondary N) is 1. The molecule has 0 aromatic heterocycles. The molecule has 0 aliphatic rings. The Balaban J connectivity index is 2.84. The summed E-state index contributed by atoms with van der Waals surface area (Å²) in [6, 6.07) is 5.24. The number of nitrogens with zero attached hydrogens (tertiary/aromatic N) is 1. The quantitative estimate of drug-likeness (QED) is 0.627. The van der Waals surface area contributed by atoms with Gasteiger partial charge in [0.05, 0.1) is 11.4 Å². The zero-order chi connectivity index (χ0) is 12.1. The summed E-state index contributed by atoms with van der Waals surface area (Å²) in [5, 5.41) is 2.69. The Hall–Kier alpha value is -1.75. The summed E-state index contributed by atoms with van der Waals surface area (Å²) in [6.07, 6.45) is 0. The van der Waals surface area contributed by atoms with Gasteiger partial charge in [0.1, 0.15) is 0 Å². The highest BCUT2D eigenvalue weighted by Crippen LogP contribution is 2.22. The highest BCUT2D eigenvalue weighted by atomic mass is 16.1. The van der Waals surface area contributed by atoms with E-state index in [2.05, 4.69) is 5.32 Å². The fourth-order valence-electron chi connectivity index (χ4n) is 1.39. The lowest BCUT2D eigenvalue weighted by Crippen LogP contribution is -2.29. The van der Waals surface area contributed by atoms with Crippen molar-refractivity contribution in [2.45, 2.75) is 0 Å². The number of rotatable bonds is 4. The number of carbonyl (C=O) groups is 1. The van der Waals surface area contributed by atoms with Crippen molar-refractivity contribution >= 4 is 17.3 Å². The van der Waals surface area contributed by atoms with Crippen LogP contribution < -0.4 is 21.7 Å². The summed E-state index contributed by atoms with van der Waals surface area (Å²) in [5.41, 5.74) is 13.2. The van der Waals surface area contributed by atoms with E-state index < -0.39 is 0 Å². The van der Waals surface area contributed by atoms with Crippen LogP contribution in [-0.4, -0.2) is 33.1 Å². The summed E-state index contributed by atoms with van der Waals surface area (Å²) >= 11 is 0. The highest BCUT2D eigenvalue weighted by molar-refractivity contribution is 5.96. The lowest BCUT2D eigenvalue weighted by atomic mass is 10.1. The van der Waals surface area contributed by atoms with Gasteiger partial charge in [0, 0.05) is 32.7 Å². The zero-order valence-electron chi connectivity index (χ0n) is 9.66. The maximum atomic E-state index is 11.6. The molecule has 0 aliphatic carbocycles. The van der Waals surface area contributed by atoms with E-state index in [1.807, 2.05) is 25.1 Å². The van der Waals surface area contributed by atoms with Crippen molar-refractivity contribution < 1.29 is 4.79 Å². The minimum atomic E-state index is -0.151. The lowest BCUT2D eigenvalue weighted by molar-refractivity contribution is 0.0955. The molecule has 5 nitrogen and oxygen atoms in total. The molecule has 0 radical (unpaired) electrons. The predicted molar refractivity (Wildman–Crippen MR) is 66.6 cm³/mol. The van der Waals surface area contributed by atoms with E-state index in [1.165, 1.54) is 0 Å². The molecule has 1 amide bonds. The Morgan fingerprint density at radius 1 is 1.44 bits per heavy atom. The van der Waals surface area contributed by atoms with Gasteiger partial charge < -0.3 is 21.7 Å². The van der Waals surface area contributed by atoms with E-state index in [9.17, 15) is 4.79 Å². The van der Waals surface area contributed by atoms with E-state index in [0.29, 0.717) is 24.3 Å². The van der Waals surface area contributed by atoms with Gasteiger partial charge in [-0.15, -0.1) is 0 Å². The molecular formula is C11H18N4O. The number of nitrogen functional groups attached to an aromatic ring is 1. The van der Waals surface area contributed by atoms with Gasteiger partial charge in [-0.25, -0.2) is 0 Å². The molecule has 16 heavy (non-hydrogen) atoms. The first-order valence-electron chi connectivity index (χ1n) is 5.11. The van der Waals surface area contributed by atoms with Crippen molar-refractivity contribution in [2.24, 2.45) is 5.73 Å². The average Bonchev–Trinajstić information content (AvgIpc) is 2.25. The standard InChI is InChI=1S/C11H18N4O/c1-15(2)10-4-3-8(7-9(10)13)11(16)14-6-5-12/h3-4,7H,5-6,12-13H2,1-2H3,(H,14,16). The van der Waals surface area contributed by atoms with Crippen LogP contribution in [0.25, 0.3) is 0 Å². The predicted octanol–water partition coefficient (Wildman–Crippen LogP) is 0.0233. The molecule has 0 saturated heterocycles. The van der Waals surface area contributed by atoms with E-state index in [0.717, 1.165) is 5.69 Å². The Labute approximate surface area is 95.4 Å². The normalized spacial score (nSPS) is 9.94. The number of amides is 1. The van der Waals surface area contributed by atoms with Crippen LogP contribution >= 0.6 is 0 Å². The zero-order valence-corrected chi connectivity index (χ0v) is 9.66. The van der Waals surface area contributed by atoms with Crippen molar-refractivity contribution in [3.63, 3.8) is 0 Å². The third-order valence-corrected chi connectivity index (χ3v) is 2.20. The Bertz CT molecular complexity index is 376. The monoisotopic (exact) mass is 222 g/mol. The number of benzene rings is 1. The largest absolute Gasteiger partial charge is 0.397 e. The second-order valence-electron chi connectivity index (χ2n) is 3.71. The molecule has 0 heterocycles. The van der Waals surface area contributed by atoms with Gasteiger partial charge in [-0.3, -0.25) is 4.79 Å². The van der Waals surface area contributed by atoms with Crippen LogP contribution in [0.3, 0.4) is 0 Å². The number of nitrogens with two attached hydrogens (primary N) is 2. The molecule has 0 bridgehead atoms. The Morgan fingerprint density at radius 3 is 2.62 bits per heavy atom. The minimum absolute atomic E-state index is 0.151. The molecule has 0 saturated carbocycles. The molecule has 0 fully saturated rings. The van der Waals surface area contributed by atoms with Crippen LogP contribution in [0.4, 0.5) is 11.4 Å². The van der Waals surface area contributed by atoms with Crippen LogP contribution in [0.1, 0.15) is 10.4 Å². The van der Waals surface area contributed by atoms with E-state index in [4.69, 9.17) is 11.5 Å². The van der Waals surface area contributed by atoms with Gasteiger partial charge in [-0.05, 0) is 18.2 Å². The van der Waals surface area contributed by atoms with Crippen molar-refractivity contribution in [3.8, 4) is 0 Å². The minimum Gasteiger partial charge on any atom is -0.397 e. The Kier molecular flexibility index (Phi) is 4.13. The van der Waals surface area contributed by atoms with Gasteiger partial charge in [0.25, 0.3) is 5.91 Å². The van der Waals surface area contributed by atoms with Crippen LogP contribution in [-0.2, 0) is 0 Å². The first kappa shape index (κ1) is 12.3. The number of hydrogen-bond donors (Lipinski definition) is 3. The van der Waals surface area contributed by atoms with Crippen molar-refractivity contribution in [2.75, 3.05) is 37.8 Å². The molecule has 1 aromatic carbocycles. The summed E-state index contributed by atoms with van der Waals surface area (Å²) in [5.74, 6) is -0.151. The molecule has 0 aliphatic heterocycles. The molecule has 0 unspecified atom stereocenters. The smallest absolute Gasteiger partial charge is 0.251 e. The van der Waals surface area contributed by atoms with Crippen LogP contribution in [0.5, 0.6) is 0 Å². The van der Waals surface area contributed by atoms with Gasteiger partial charge in [0.2, 0.25) is 0 Å². The number of carbonyl (C=O) groups excluding carboxylic acids is 1.